The Morgan fingerprint density at radius 2 is 2.06 bits per heavy atom. The summed E-state index contributed by atoms with van der Waals surface area (Å²) < 4.78 is 7.60. The van der Waals surface area contributed by atoms with E-state index in [1.165, 1.54) is 7.11 Å². The van der Waals surface area contributed by atoms with Gasteiger partial charge in [0.15, 0.2) is 0 Å². The Labute approximate surface area is 104 Å². The van der Waals surface area contributed by atoms with Gasteiger partial charge in [-0.05, 0) is 43.6 Å². The molecule has 0 radical (unpaired) electrons. The van der Waals surface area contributed by atoms with Gasteiger partial charge in [0.2, 0.25) is 0 Å². The second-order valence-electron chi connectivity index (χ2n) is 4.52. The zero-order valence-corrected chi connectivity index (χ0v) is 11.9. The SMILES string of the molecule is COC(=O)C(C)(C)Cn1nc(C)c(Br)c1C. The molecule has 0 fully saturated rings. The number of carbonyl (C=O) groups is 1. The van der Waals surface area contributed by atoms with E-state index in [1.807, 2.05) is 32.4 Å². The van der Waals surface area contributed by atoms with Gasteiger partial charge in [0.1, 0.15) is 0 Å². The minimum atomic E-state index is -0.572. The van der Waals surface area contributed by atoms with E-state index in [9.17, 15) is 4.79 Å². The molecule has 0 spiro atoms. The predicted molar refractivity (Wildman–Crippen MR) is 65.2 cm³/mol. The van der Waals surface area contributed by atoms with Crippen molar-refractivity contribution in [2.24, 2.45) is 5.41 Å². The van der Waals surface area contributed by atoms with E-state index in [2.05, 4.69) is 21.0 Å². The van der Waals surface area contributed by atoms with Crippen LogP contribution in [0.15, 0.2) is 4.47 Å². The fraction of sp³-hybridized carbons (Fsp3) is 0.636. The zero-order chi connectivity index (χ0) is 12.5. The van der Waals surface area contributed by atoms with Gasteiger partial charge in [-0.15, -0.1) is 0 Å². The number of esters is 1. The molecule has 0 unspecified atom stereocenters. The lowest BCUT2D eigenvalue weighted by molar-refractivity contribution is -0.151. The zero-order valence-electron chi connectivity index (χ0n) is 10.3. The summed E-state index contributed by atoms with van der Waals surface area (Å²) in [4.78, 5) is 11.6. The molecule has 1 rings (SSSR count). The molecule has 1 aromatic rings. The van der Waals surface area contributed by atoms with E-state index in [0.29, 0.717) is 6.54 Å². The van der Waals surface area contributed by atoms with Crippen molar-refractivity contribution in [2.45, 2.75) is 34.2 Å². The van der Waals surface area contributed by atoms with Crippen molar-refractivity contribution in [3.8, 4) is 0 Å². The first-order valence-electron chi connectivity index (χ1n) is 5.07. The highest BCUT2D eigenvalue weighted by Gasteiger charge is 2.30. The highest BCUT2D eigenvalue weighted by atomic mass is 79.9. The van der Waals surface area contributed by atoms with Crippen LogP contribution in [-0.2, 0) is 16.1 Å². The predicted octanol–water partition coefficient (Wildman–Crippen LogP) is 2.46. The van der Waals surface area contributed by atoms with E-state index in [4.69, 9.17) is 4.74 Å². The Balaban J connectivity index is 2.96. The quantitative estimate of drug-likeness (QED) is 0.803. The van der Waals surface area contributed by atoms with Crippen molar-refractivity contribution in [1.82, 2.24) is 9.78 Å². The topological polar surface area (TPSA) is 44.1 Å². The Hall–Kier alpha value is -0.840. The molecular weight excluding hydrogens is 272 g/mol. The third-order valence-corrected chi connectivity index (χ3v) is 3.72. The van der Waals surface area contributed by atoms with Gasteiger partial charge in [0.25, 0.3) is 0 Å². The van der Waals surface area contributed by atoms with Crippen molar-refractivity contribution >= 4 is 21.9 Å². The van der Waals surface area contributed by atoms with Crippen LogP contribution in [0.3, 0.4) is 0 Å². The summed E-state index contributed by atoms with van der Waals surface area (Å²) in [5.41, 5.74) is 1.38. The largest absolute Gasteiger partial charge is 0.469 e. The molecule has 0 amide bonds. The second kappa shape index (κ2) is 4.57. The first-order chi connectivity index (χ1) is 7.29. The smallest absolute Gasteiger partial charge is 0.313 e. The molecule has 5 heteroatoms. The molecule has 0 aliphatic rings. The van der Waals surface area contributed by atoms with E-state index < -0.39 is 5.41 Å². The average Bonchev–Trinajstić information content (AvgIpc) is 2.44. The molecule has 1 heterocycles. The normalized spacial score (nSPS) is 11.6. The average molecular weight is 289 g/mol. The molecule has 0 aromatic carbocycles. The summed E-state index contributed by atoms with van der Waals surface area (Å²) in [7, 11) is 1.40. The Morgan fingerprint density at radius 3 is 2.44 bits per heavy atom. The van der Waals surface area contributed by atoms with Crippen molar-refractivity contribution in [1.29, 1.82) is 0 Å². The molecular formula is C11H17BrN2O2. The number of nitrogens with zero attached hydrogens (tertiary/aromatic N) is 2. The van der Waals surface area contributed by atoms with Gasteiger partial charge in [-0.1, -0.05) is 0 Å². The van der Waals surface area contributed by atoms with E-state index >= 15 is 0 Å². The highest BCUT2D eigenvalue weighted by Crippen LogP contribution is 2.25. The number of aromatic nitrogens is 2. The van der Waals surface area contributed by atoms with Gasteiger partial charge in [-0.2, -0.15) is 5.10 Å². The number of aryl methyl sites for hydroxylation is 1. The number of halogens is 1. The molecule has 90 valence electrons. The maximum Gasteiger partial charge on any atom is 0.313 e. The van der Waals surface area contributed by atoms with E-state index in [0.717, 1.165) is 15.9 Å². The number of hydrogen-bond donors (Lipinski definition) is 0. The number of hydrogen-bond acceptors (Lipinski definition) is 3. The van der Waals surface area contributed by atoms with Crippen LogP contribution in [0.4, 0.5) is 0 Å². The van der Waals surface area contributed by atoms with Crippen LogP contribution in [0.1, 0.15) is 25.2 Å². The van der Waals surface area contributed by atoms with Crippen LogP contribution in [0.2, 0.25) is 0 Å². The molecule has 0 saturated carbocycles. The summed E-state index contributed by atoms with van der Waals surface area (Å²) in [5.74, 6) is -0.226. The van der Waals surface area contributed by atoms with Crippen molar-refractivity contribution in [2.75, 3.05) is 7.11 Å². The second-order valence-corrected chi connectivity index (χ2v) is 5.31. The number of carbonyl (C=O) groups excluding carboxylic acids is 1. The fourth-order valence-corrected chi connectivity index (χ4v) is 1.83. The summed E-state index contributed by atoms with van der Waals surface area (Å²) in [6.07, 6.45) is 0. The third-order valence-electron chi connectivity index (χ3n) is 2.58. The first-order valence-corrected chi connectivity index (χ1v) is 5.87. The third kappa shape index (κ3) is 2.45. The maximum absolute atomic E-state index is 11.6. The van der Waals surface area contributed by atoms with Gasteiger partial charge in [0.05, 0.1) is 29.2 Å². The lowest BCUT2D eigenvalue weighted by Gasteiger charge is -2.21. The number of methoxy groups -OCH3 is 1. The Kier molecular flexibility index (Phi) is 3.78. The number of ether oxygens (including phenoxy) is 1. The molecule has 0 bridgehead atoms. The highest BCUT2D eigenvalue weighted by molar-refractivity contribution is 9.10. The minimum absolute atomic E-state index is 0.226. The van der Waals surface area contributed by atoms with Gasteiger partial charge >= 0.3 is 5.97 Å². The van der Waals surface area contributed by atoms with Crippen LogP contribution in [0, 0.1) is 19.3 Å². The van der Waals surface area contributed by atoms with Gasteiger partial charge in [-0.25, -0.2) is 0 Å². The summed E-state index contributed by atoms with van der Waals surface area (Å²) in [5, 5.41) is 4.37. The molecule has 0 saturated heterocycles. The fourth-order valence-electron chi connectivity index (χ4n) is 1.54. The summed E-state index contributed by atoms with van der Waals surface area (Å²) >= 11 is 3.46. The molecule has 0 aliphatic carbocycles. The van der Waals surface area contributed by atoms with Crippen molar-refractivity contribution < 1.29 is 9.53 Å². The van der Waals surface area contributed by atoms with Crippen LogP contribution < -0.4 is 0 Å². The first kappa shape index (κ1) is 13.2. The molecule has 0 N–H and O–H groups in total. The Morgan fingerprint density at radius 1 is 1.50 bits per heavy atom. The summed E-state index contributed by atoms with van der Waals surface area (Å²) in [6.45, 7) is 8.11. The van der Waals surface area contributed by atoms with Gasteiger partial charge in [0, 0.05) is 5.69 Å². The van der Waals surface area contributed by atoms with E-state index in [-0.39, 0.29) is 5.97 Å². The van der Waals surface area contributed by atoms with Gasteiger partial charge < -0.3 is 4.74 Å². The molecule has 0 aliphatic heterocycles. The maximum atomic E-state index is 11.6. The van der Waals surface area contributed by atoms with Crippen LogP contribution in [0.25, 0.3) is 0 Å². The lowest BCUT2D eigenvalue weighted by Crippen LogP contribution is -2.31. The summed E-state index contributed by atoms with van der Waals surface area (Å²) in [6, 6.07) is 0. The molecule has 1 aromatic heterocycles. The number of rotatable bonds is 3. The van der Waals surface area contributed by atoms with Crippen LogP contribution >= 0.6 is 15.9 Å². The van der Waals surface area contributed by atoms with Crippen LogP contribution in [-0.4, -0.2) is 22.9 Å². The standard InChI is InChI=1S/C11H17BrN2O2/c1-7-9(12)8(2)14(13-7)6-11(3,4)10(15)16-5/h6H2,1-5H3. The lowest BCUT2D eigenvalue weighted by atomic mass is 9.94. The van der Waals surface area contributed by atoms with Gasteiger partial charge in [-0.3, -0.25) is 9.48 Å². The Bertz CT molecular complexity index is 410. The van der Waals surface area contributed by atoms with Crippen molar-refractivity contribution in [3.05, 3.63) is 15.9 Å². The monoisotopic (exact) mass is 288 g/mol. The van der Waals surface area contributed by atoms with Crippen molar-refractivity contribution in [3.63, 3.8) is 0 Å². The van der Waals surface area contributed by atoms with E-state index in [1.54, 1.807) is 0 Å². The molecule has 4 nitrogen and oxygen atoms in total. The molecule has 16 heavy (non-hydrogen) atoms. The minimum Gasteiger partial charge on any atom is -0.469 e. The van der Waals surface area contributed by atoms with Crippen LogP contribution in [0.5, 0.6) is 0 Å². The molecule has 0 atom stereocenters.